The molecule has 0 amide bonds. The number of hydrogen-bond acceptors (Lipinski definition) is 12. The third-order valence-electron chi connectivity index (χ3n) is 10.8. The average Bonchev–Trinajstić information content (AvgIpc) is 3.53. The van der Waals surface area contributed by atoms with Crippen molar-refractivity contribution in [1.29, 1.82) is 0 Å². The highest BCUT2D eigenvalue weighted by atomic mass is 79.9. The smallest absolute Gasteiger partial charge is 0.224 e. The Bertz CT molecular complexity index is 3730. The number of nitrogens with zero attached hydrogens (tertiary/aromatic N) is 12. The number of halogens is 24. The lowest BCUT2D eigenvalue weighted by Crippen LogP contribution is -2.13. The second-order valence-electron chi connectivity index (χ2n) is 15.9. The summed E-state index contributed by atoms with van der Waals surface area (Å²) >= 11 is 18.4. The second-order valence-corrected chi connectivity index (χ2v) is 21.0. The van der Waals surface area contributed by atoms with Crippen LogP contribution in [0.3, 0.4) is 0 Å². The van der Waals surface area contributed by atoms with E-state index in [1.165, 1.54) is 36.4 Å². The van der Waals surface area contributed by atoms with E-state index in [-0.39, 0.29) is 125 Å². The highest BCUT2D eigenvalue weighted by molar-refractivity contribution is 9.11. The molecular formula is C42H6Br6F18N12. The summed E-state index contributed by atoms with van der Waals surface area (Å²) < 4.78 is 235. The Morgan fingerprint density at radius 2 is 0.321 bits per heavy atom. The molecule has 12 rings (SSSR count). The van der Waals surface area contributed by atoms with E-state index >= 15 is 0 Å². The molecule has 12 nitrogen and oxygen atoms in total. The molecule has 0 aliphatic rings. The van der Waals surface area contributed by atoms with E-state index in [4.69, 9.17) is 0 Å². The van der Waals surface area contributed by atoms with Gasteiger partial charge in [0.25, 0.3) is 0 Å². The van der Waals surface area contributed by atoms with Crippen molar-refractivity contribution in [2.75, 3.05) is 0 Å². The van der Waals surface area contributed by atoms with Crippen molar-refractivity contribution in [3.8, 4) is 0 Å². The van der Waals surface area contributed by atoms with Crippen LogP contribution in [0.1, 0.15) is 34.9 Å². The molecule has 0 radical (unpaired) electrons. The molecule has 0 aliphatic heterocycles. The molecule has 0 N–H and O–H groups in total. The molecule has 78 heavy (non-hydrogen) atoms. The number of benzene rings is 6. The summed E-state index contributed by atoms with van der Waals surface area (Å²) in [6.07, 6.45) is -28.7. The first-order valence-corrected chi connectivity index (χ1v) is 24.9. The van der Waals surface area contributed by atoms with Crippen LogP contribution in [-0.4, -0.2) is 59.8 Å². The van der Waals surface area contributed by atoms with Crippen LogP contribution in [-0.2, 0) is 37.1 Å². The molecule has 6 aromatic heterocycles. The number of rotatable bonds is 0. The van der Waals surface area contributed by atoms with Gasteiger partial charge in [-0.3, -0.25) is 0 Å². The third-order valence-corrected chi connectivity index (χ3v) is 14.5. The lowest BCUT2D eigenvalue weighted by Gasteiger charge is -2.15. The van der Waals surface area contributed by atoms with Gasteiger partial charge in [0.2, 0.25) is 34.9 Å². The van der Waals surface area contributed by atoms with Crippen LogP contribution in [0.4, 0.5) is 79.0 Å². The molecule has 0 saturated carbocycles. The predicted molar refractivity (Wildman–Crippen MR) is 260 cm³/mol. The number of alkyl halides is 18. The topological polar surface area (TPSA) is 155 Å². The predicted octanol–water partition coefficient (Wildman–Crippen LogP) is 17.2. The van der Waals surface area contributed by atoms with Crippen molar-refractivity contribution in [2.45, 2.75) is 37.1 Å². The van der Waals surface area contributed by atoms with Gasteiger partial charge in [-0.1, -0.05) is 0 Å². The zero-order valence-corrected chi connectivity index (χ0v) is 45.4. The summed E-state index contributed by atoms with van der Waals surface area (Å²) in [5.41, 5.74) is -1.04. The van der Waals surface area contributed by atoms with Crippen molar-refractivity contribution >= 4 is 194 Å². The summed E-state index contributed by atoms with van der Waals surface area (Å²) in [5, 5.41) is 0.885. The molecule has 0 saturated heterocycles. The molecule has 36 heteroatoms. The molecular weight excluding hydrogens is 1490 g/mol. The summed E-state index contributed by atoms with van der Waals surface area (Å²) in [4.78, 5) is 42.2. The molecule has 0 spiro atoms. The Balaban J connectivity index is 0.000000132. The van der Waals surface area contributed by atoms with Crippen molar-refractivity contribution in [2.24, 2.45) is 0 Å². The first-order valence-electron chi connectivity index (χ1n) is 20.1. The van der Waals surface area contributed by atoms with E-state index in [0.29, 0.717) is 0 Å². The standard InChI is InChI=1S/3C14H2Br2F6N4/c3*15-3-1-5-7-8-6(24-12(14(20,21)22)25-9(3)8)2-4(16)10(7)26-11(23-5)13(17,18)19/h3*1-2H. The third kappa shape index (κ3) is 9.80. The van der Waals surface area contributed by atoms with Crippen LogP contribution in [0.15, 0.2) is 63.2 Å². The molecule has 402 valence electrons. The maximum atomic E-state index is 13.1. The highest BCUT2D eigenvalue weighted by Gasteiger charge is 2.42. The van der Waals surface area contributed by atoms with Crippen LogP contribution < -0.4 is 0 Å². The van der Waals surface area contributed by atoms with Gasteiger partial charge in [-0.25, -0.2) is 59.8 Å². The maximum Gasteiger partial charge on any atom is 0.451 e. The van der Waals surface area contributed by atoms with Gasteiger partial charge in [0, 0.05) is 59.2 Å². The second kappa shape index (κ2) is 18.5. The molecule has 0 aliphatic carbocycles. The normalized spacial score (nSPS) is 13.4. The minimum atomic E-state index is -4.78. The Morgan fingerprint density at radius 3 is 0.423 bits per heavy atom. The Hall–Kier alpha value is -5.46. The van der Waals surface area contributed by atoms with E-state index in [2.05, 4.69) is 155 Å². The molecule has 12 aromatic rings. The fourth-order valence-corrected chi connectivity index (χ4v) is 10.9. The fourth-order valence-electron chi connectivity index (χ4n) is 7.90. The van der Waals surface area contributed by atoms with Gasteiger partial charge in [-0.15, -0.1) is 0 Å². The minimum Gasteiger partial charge on any atom is -0.224 e. The van der Waals surface area contributed by atoms with Gasteiger partial charge in [0.15, 0.2) is 0 Å². The first-order chi connectivity index (χ1) is 35.9. The van der Waals surface area contributed by atoms with Crippen LogP contribution in [0.2, 0.25) is 0 Å². The maximum absolute atomic E-state index is 13.1. The molecule has 6 aromatic carbocycles. The van der Waals surface area contributed by atoms with E-state index in [1.807, 2.05) is 0 Å². The molecule has 0 bridgehead atoms. The average molecular weight is 1500 g/mol. The van der Waals surface area contributed by atoms with Crippen molar-refractivity contribution in [1.82, 2.24) is 59.8 Å². The number of hydrogen-bond donors (Lipinski definition) is 0. The summed E-state index contributed by atoms with van der Waals surface area (Å²) in [5.74, 6) is -8.12. The highest BCUT2D eigenvalue weighted by Crippen LogP contribution is 2.46. The summed E-state index contributed by atoms with van der Waals surface area (Å²) in [6, 6.07) is 7.09. The number of aromatic nitrogens is 12. The van der Waals surface area contributed by atoms with Crippen LogP contribution in [0, 0.1) is 0 Å². The molecule has 0 atom stereocenters. The Kier molecular flexibility index (Phi) is 13.3. The van der Waals surface area contributed by atoms with E-state index in [9.17, 15) is 79.0 Å². The molecule has 6 heterocycles. The SMILES string of the molecule is FC(F)(F)c1nc2cc(Br)c3nc(C(F)(F)F)nc4cc(Br)c(n1)c2c43.FC(F)(F)c1nc2cc(Br)c3nc(C(F)(F)F)nc4cc(Br)c(n1)c2c43.FC(F)(F)c1nc2cc(Br)c3nc(C(F)(F)F)nc4cc(Br)c(n1)c2c43. The fraction of sp³-hybridized carbons (Fsp3) is 0.143. The van der Waals surface area contributed by atoms with E-state index in [0.717, 1.165) is 0 Å². The lowest BCUT2D eigenvalue weighted by atomic mass is 10.0. The quantitative estimate of drug-likeness (QED) is 0.105. The summed E-state index contributed by atoms with van der Waals surface area (Å²) in [7, 11) is 0. The van der Waals surface area contributed by atoms with Crippen LogP contribution in [0.25, 0.3) is 98.5 Å². The molecule has 0 fully saturated rings. The van der Waals surface area contributed by atoms with Gasteiger partial charge >= 0.3 is 37.1 Å². The van der Waals surface area contributed by atoms with Crippen molar-refractivity contribution in [3.63, 3.8) is 0 Å². The zero-order valence-electron chi connectivity index (χ0n) is 35.9. The van der Waals surface area contributed by atoms with Gasteiger partial charge in [0.1, 0.15) is 0 Å². The van der Waals surface area contributed by atoms with Gasteiger partial charge in [-0.2, -0.15) is 79.0 Å². The van der Waals surface area contributed by atoms with E-state index in [1.54, 1.807) is 0 Å². The first kappa shape index (κ1) is 55.8. The van der Waals surface area contributed by atoms with Crippen LogP contribution in [0.5, 0.6) is 0 Å². The molecule has 0 unspecified atom stereocenters. The van der Waals surface area contributed by atoms with Gasteiger partial charge < -0.3 is 0 Å². The Labute approximate surface area is 465 Å². The Morgan fingerprint density at radius 1 is 0.205 bits per heavy atom. The van der Waals surface area contributed by atoms with Gasteiger partial charge in [-0.05, 0) is 132 Å². The zero-order chi connectivity index (χ0) is 57.0. The minimum absolute atomic E-state index is 0.0679. The largest absolute Gasteiger partial charge is 0.451 e. The van der Waals surface area contributed by atoms with Crippen molar-refractivity contribution in [3.05, 3.63) is 98.2 Å². The van der Waals surface area contributed by atoms with Crippen molar-refractivity contribution < 1.29 is 79.0 Å². The monoisotopic (exact) mass is 1490 g/mol. The van der Waals surface area contributed by atoms with E-state index < -0.39 is 72.0 Å². The lowest BCUT2D eigenvalue weighted by molar-refractivity contribution is -0.145. The van der Waals surface area contributed by atoms with Crippen LogP contribution >= 0.6 is 95.6 Å². The summed E-state index contributed by atoms with van der Waals surface area (Å²) in [6.45, 7) is 0. The van der Waals surface area contributed by atoms with Gasteiger partial charge in [0.05, 0.1) is 66.2 Å².